The van der Waals surface area contributed by atoms with E-state index in [2.05, 4.69) is 4.74 Å². The van der Waals surface area contributed by atoms with Crippen LogP contribution in [0.3, 0.4) is 0 Å². The van der Waals surface area contributed by atoms with Crippen LogP contribution in [0.1, 0.15) is 0 Å². The molecule has 0 aliphatic carbocycles. The van der Waals surface area contributed by atoms with Gasteiger partial charge in [0.1, 0.15) is 0 Å². The van der Waals surface area contributed by atoms with Gasteiger partial charge in [0.2, 0.25) is 0 Å². The molecule has 1 aliphatic rings. The molecule has 0 atom stereocenters. The molecule has 0 spiro atoms. The second-order valence-corrected chi connectivity index (χ2v) is 2.57. The number of carbonyl (C=O) groups excluding carboxylic acids is 1. The molecule has 5 heteroatoms. The lowest BCUT2D eigenvalue weighted by Crippen LogP contribution is -2.43. The molecule has 1 N–H and O–H groups in total. The number of rotatable bonds is 0. The molecule has 0 radical (unpaired) electrons. The summed E-state index contributed by atoms with van der Waals surface area (Å²) >= 11 is 0. The van der Waals surface area contributed by atoms with E-state index in [1.807, 2.05) is 5.32 Å². The van der Waals surface area contributed by atoms with Gasteiger partial charge in [0.05, 0.1) is 5.69 Å². The van der Waals surface area contributed by atoms with Gasteiger partial charge in [-0.15, -0.1) is 0 Å². The average Bonchev–Trinajstić information content (AvgIpc) is 2.06. The summed E-state index contributed by atoms with van der Waals surface area (Å²) in [5.41, 5.74) is 0.262. The third-order valence-corrected chi connectivity index (χ3v) is 1.64. The minimum Gasteiger partial charge on any atom is -0.423 e. The summed E-state index contributed by atoms with van der Waals surface area (Å²) in [7, 11) is 0. The van der Waals surface area contributed by atoms with Crippen LogP contribution in [-0.2, 0) is 4.79 Å². The molecule has 1 aromatic carbocycles. The Bertz CT molecular complexity index is 365. The van der Waals surface area contributed by atoms with Crippen LogP contribution in [0.5, 0.6) is 5.75 Å². The van der Waals surface area contributed by atoms with Crippen molar-refractivity contribution in [3.63, 3.8) is 0 Å². The third-order valence-electron chi connectivity index (χ3n) is 1.64. The fourth-order valence-corrected chi connectivity index (χ4v) is 1.04. The summed E-state index contributed by atoms with van der Waals surface area (Å²) in [6.45, 7) is 0. The van der Waals surface area contributed by atoms with Gasteiger partial charge < -0.3 is 10.1 Å². The summed E-state index contributed by atoms with van der Waals surface area (Å²) in [6, 6.07) is 6.02. The highest BCUT2D eigenvalue weighted by atomic mass is 19.3. The normalized spacial score (nSPS) is 18.5. The first kappa shape index (κ1) is 7.97. The van der Waals surface area contributed by atoms with E-state index in [9.17, 15) is 13.6 Å². The summed E-state index contributed by atoms with van der Waals surface area (Å²) in [4.78, 5) is 10.7. The number of alkyl halides is 2. The Morgan fingerprint density at radius 1 is 1.31 bits per heavy atom. The summed E-state index contributed by atoms with van der Waals surface area (Å²) < 4.78 is 29.5. The zero-order valence-corrected chi connectivity index (χ0v) is 6.38. The van der Waals surface area contributed by atoms with Gasteiger partial charge in [-0.25, -0.2) is 0 Å². The number of amides is 1. The molecule has 0 bridgehead atoms. The Balaban J connectivity index is 2.44. The van der Waals surface area contributed by atoms with Crippen molar-refractivity contribution in [3.05, 3.63) is 24.3 Å². The molecular formula is C8H5F2NO2. The van der Waals surface area contributed by atoms with Crippen molar-refractivity contribution in [3.8, 4) is 5.75 Å². The molecule has 0 saturated carbocycles. The molecule has 13 heavy (non-hydrogen) atoms. The van der Waals surface area contributed by atoms with Crippen LogP contribution in [0.15, 0.2) is 24.3 Å². The number of ether oxygens (including phenoxy) is 1. The lowest BCUT2D eigenvalue weighted by Gasteiger charge is -2.24. The van der Waals surface area contributed by atoms with Gasteiger partial charge in [0.15, 0.2) is 5.75 Å². The molecular weight excluding hydrogens is 180 g/mol. The molecule has 0 unspecified atom stereocenters. The number of anilines is 1. The average molecular weight is 185 g/mol. The van der Waals surface area contributed by atoms with Crippen LogP contribution in [0.2, 0.25) is 0 Å². The Hall–Kier alpha value is -1.65. The Labute approximate surface area is 72.3 Å². The number of fused-ring (bicyclic) bond motifs is 1. The van der Waals surface area contributed by atoms with Gasteiger partial charge in [-0.05, 0) is 12.1 Å². The SMILES string of the molecule is O=C1Nc2ccccc2OC1(F)F. The van der Waals surface area contributed by atoms with Crippen LogP contribution in [0, 0.1) is 0 Å². The topological polar surface area (TPSA) is 38.3 Å². The van der Waals surface area contributed by atoms with E-state index in [1.54, 1.807) is 12.1 Å². The van der Waals surface area contributed by atoms with E-state index in [0.717, 1.165) is 0 Å². The maximum absolute atomic E-state index is 12.6. The van der Waals surface area contributed by atoms with Gasteiger partial charge in [-0.1, -0.05) is 12.1 Å². The van der Waals surface area contributed by atoms with Crippen molar-refractivity contribution in [2.45, 2.75) is 6.11 Å². The first-order valence-electron chi connectivity index (χ1n) is 3.57. The molecule has 0 saturated heterocycles. The Kier molecular flexibility index (Phi) is 1.48. The van der Waals surface area contributed by atoms with Crippen molar-refractivity contribution in [2.24, 2.45) is 0 Å². The third kappa shape index (κ3) is 1.22. The summed E-state index contributed by atoms with van der Waals surface area (Å²) in [5.74, 6) is -1.46. The zero-order valence-electron chi connectivity index (χ0n) is 6.38. The number of benzene rings is 1. The quantitative estimate of drug-likeness (QED) is 0.666. The van der Waals surface area contributed by atoms with E-state index < -0.39 is 12.0 Å². The van der Waals surface area contributed by atoms with Crippen LogP contribution in [-0.4, -0.2) is 12.0 Å². The molecule has 68 valence electrons. The van der Waals surface area contributed by atoms with Gasteiger partial charge in [0, 0.05) is 0 Å². The zero-order chi connectivity index (χ0) is 9.47. The van der Waals surface area contributed by atoms with E-state index >= 15 is 0 Å². The maximum Gasteiger partial charge on any atom is 0.482 e. The molecule has 1 aromatic rings. The molecule has 3 nitrogen and oxygen atoms in total. The van der Waals surface area contributed by atoms with Gasteiger partial charge in [0.25, 0.3) is 0 Å². The van der Waals surface area contributed by atoms with Crippen molar-refractivity contribution < 1.29 is 18.3 Å². The number of para-hydroxylation sites is 2. The lowest BCUT2D eigenvalue weighted by atomic mass is 10.2. The molecule has 1 amide bonds. The number of hydrogen-bond donors (Lipinski definition) is 1. The number of carbonyl (C=O) groups is 1. The van der Waals surface area contributed by atoms with Crippen molar-refractivity contribution in [1.82, 2.24) is 0 Å². The van der Waals surface area contributed by atoms with Crippen LogP contribution < -0.4 is 10.1 Å². The van der Waals surface area contributed by atoms with E-state index in [-0.39, 0.29) is 11.4 Å². The van der Waals surface area contributed by atoms with Crippen molar-refractivity contribution in [2.75, 3.05) is 5.32 Å². The minimum absolute atomic E-state index is 0.0212. The summed E-state index contributed by atoms with van der Waals surface area (Å²) in [6.07, 6.45) is -3.77. The minimum atomic E-state index is -3.77. The second-order valence-electron chi connectivity index (χ2n) is 2.57. The molecule has 0 fully saturated rings. The van der Waals surface area contributed by atoms with E-state index in [4.69, 9.17) is 0 Å². The first-order valence-corrected chi connectivity index (χ1v) is 3.57. The highest BCUT2D eigenvalue weighted by molar-refractivity contribution is 5.98. The highest BCUT2D eigenvalue weighted by Crippen LogP contribution is 2.34. The standard InChI is InChI=1S/C8H5F2NO2/c9-8(10)7(12)11-5-3-1-2-4-6(5)13-8/h1-4H,(H,11,12). The number of halogens is 2. The van der Waals surface area contributed by atoms with Gasteiger partial charge in [-0.3, -0.25) is 4.79 Å². The molecule has 1 heterocycles. The Morgan fingerprint density at radius 2 is 2.00 bits per heavy atom. The first-order chi connectivity index (χ1) is 6.09. The second kappa shape index (κ2) is 2.42. The predicted molar refractivity (Wildman–Crippen MR) is 40.6 cm³/mol. The fourth-order valence-electron chi connectivity index (χ4n) is 1.04. The van der Waals surface area contributed by atoms with Crippen LogP contribution in [0.4, 0.5) is 14.5 Å². The van der Waals surface area contributed by atoms with E-state index in [1.165, 1.54) is 12.1 Å². The van der Waals surface area contributed by atoms with Gasteiger partial charge in [-0.2, -0.15) is 8.78 Å². The van der Waals surface area contributed by atoms with Gasteiger partial charge >= 0.3 is 12.0 Å². The van der Waals surface area contributed by atoms with Crippen molar-refractivity contribution >= 4 is 11.6 Å². The van der Waals surface area contributed by atoms with Crippen molar-refractivity contribution in [1.29, 1.82) is 0 Å². The number of nitrogens with one attached hydrogen (secondary N) is 1. The van der Waals surface area contributed by atoms with E-state index in [0.29, 0.717) is 0 Å². The van der Waals surface area contributed by atoms with Crippen LogP contribution >= 0.6 is 0 Å². The Morgan fingerprint density at radius 3 is 2.77 bits per heavy atom. The maximum atomic E-state index is 12.6. The largest absolute Gasteiger partial charge is 0.482 e. The summed E-state index contributed by atoms with van der Waals surface area (Å²) in [5, 5.41) is 2.04. The molecule has 1 aliphatic heterocycles. The van der Waals surface area contributed by atoms with Crippen LogP contribution in [0.25, 0.3) is 0 Å². The predicted octanol–water partition coefficient (Wildman–Crippen LogP) is 1.61. The molecule has 0 aromatic heterocycles. The smallest absolute Gasteiger partial charge is 0.423 e. The fraction of sp³-hybridized carbons (Fsp3) is 0.125. The molecule has 2 rings (SSSR count). The number of hydrogen-bond acceptors (Lipinski definition) is 2. The lowest BCUT2D eigenvalue weighted by molar-refractivity contribution is -0.189. The highest BCUT2D eigenvalue weighted by Gasteiger charge is 2.45. The monoisotopic (exact) mass is 185 g/mol.